The highest BCUT2D eigenvalue weighted by molar-refractivity contribution is 5.53. The zero-order chi connectivity index (χ0) is 18.4. The van der Waals surface area contributed by atoms with Gasteiger partial charge < -0.3 is 15.4 Å². The van der Waals surface area contributed by atoms with Crippen LogP contribution in [0.25, 0.3) is 0 Å². The molecule has 0 radical (unpaired) electrons. The van der Waals surface area contributed by atoms with E-state index >= 15 is 0 Å². The van der Waals surface area contributed by atoms with Crippen molar-refractivity contribution >= 4 is 5.69 Å². The molecular weight excluding hydrogens is 341 g/mol. The Bertz CT molecular complexity index is 718. The van der Waals surface area contributed by atoms with Crippen molar-refractivity contribution in [3.63, 3.8) is 0 Å². The number of para-hydroxylation sites is 1. The number of anilines is 1. The maximum atomic E-state index is 12.2. The van der Waals surface area contributed by atoms with Gasteiger partial charge in [-0.15, -0.1) is 0 Å². The van der Waals surface area contributed by atoms with Crippen LogP contribution < -0.4 is 10.6 Å². The number of alkyl halides is 3. The van der Waals surface area contributed by atoms with Crippen molar-refractivity contribution in [1.29, 1.82) is 0 Å². The third-order valence-electron chi connectivity index (χ3n) is 4.40. The molecule has 0 aromatic heterocycles. The van der Waals surface area contributed by atoms with Gasteiger partial charge in [0.2, 0.25) is 0 Å². The molecule has 2 N–H and O–H groups in total. The minimum Gasteiger partial charge on any atom is -0.385 e. The van der Waals surface area contributed by atoms with Gasteiger partial charge in [0.05, 0.1) is 6.61 Å². The highest BCUT2D eigenvalue weighted by Gasteiger charge is 2.27. The van der Waals surface area contributed by atoms with E-state index in [0.717, 1.165) is 36.2 Å². The second kappa shape index (κ2) is 8.56. The fourth-order valence-corrected chi connectivity index (χ4v) is 3.21. The molecule has 0 saturated heterocycles. The van der Waals surface area contributed by atoms with Gasteiger partial charge in [-0.2, -0.15) is 13.2 Å². The van der Waals surface area contributed by atoms with E-state index in [9.17, 15) is 13.2 Å². The summed E-state index contributed by atoms with van der Waals surface area (Å²) in [7, 11) is 0. The molecule has 1 atom stereocenters. The molecule has 0 fully saturated rings. The van der Waals surface area contributed by atoms with Crippen LogP contribution in [0.1, 0.15) is 35.6 Å². The first kappa shape index (κ1) is 18.7. The van der Waals surface area contributed by atoms with Gasteiger partial charge in [0.1, 0.15) is 6.61 Å². The third kappa shape index (κ3) is 5.47. The molecule has 2 aromatic carbocycles. The lowest BCUT2D eigenvalue weighted by Gasteiger charge is -2.19. The van der Waals surface area contributed by atoms with Crippen LogP contribution in [0, 0.1) is 0 Å². The van der Waals surface area contributed by atoms with E-state index in [0.29, 0.717) is 6.54 Å². The normalized spacial score (nSPS) is 17.3. The second-order valence-corrected chi connectivity index (χ2v) is 6.52. The maximum Gasteiger partial charge on any atom is 0.411 e. The van der Waals surface area contributed by atoms with E-state index in [1.807, 2.05) is 30.3 Å². The Morgan fingerprint density at radius 3 is 2.73 bits per heavy atom. The lowest BCUT2D eigenvalue weighted by Crippen LogP contribution is -2.21. The summed E-state index contributed by atoms with van der Waals surface area (Å²) in [6, 6.07) is 16.0. The Morgan fingerprint density at radius 1 is 1.08 bits per heavy atom. The van der Waals surface area contributed by atoms with Crippen LogP contribution in [0.15, 0.2) is 48.5 Å². The van der Waals surface area contributed by atoms with Crippen molar-refractivity contribution in [2.45, 2.75) is 38.2 Å². The highest BCUT2D eigenvalue weighted by Crippen LogP contribution is 2.29. The first-order valence-electron chi connectivity index (χ1n) is 8.80. The predicted molar refractivity (Wildman–Crippen MR) is 95.9 cm³/mol. The molecule has 0 bridgehead atoms. The van der Waals surface area contributed by atoms with E-state index in [4.69, 9.17) is 4.74 Å². The summed E-state index contributed by atoms with van der Waals surface area (Å²) in [5.41, 5.74) is 4.20. The van der Waals surface area contributed by atoms with Crippen molar-refractivity contribution in [1.82, 2.24) is 5.32 Å². The molecule has 140 valence electrons. The Hall–Kier alpha value is -2.05. The van der Waals surface area contributed by atoms with Gasteiger partial charge in [0.15, 0.2) is 0 Å². The largest absolute Gasteiger partial charge is 0.411 e. The van der Waals surface area contributed by atoms with Gasteiger partial charge in [0, 0.05) is 24.8 Å². The van der Waals surface area contributed by atoms with Gasteiger partial charge in [-0.25, -0.2) is 0 Å². The monoisotopic (exact) mass is 364 g/mol. The number of benzene rings is 2. The average Bonchev–Trinajstić information content (AvgIpc) is 2.81. The summed E-state index contributed by atoms with van der Waals surface area (Å²) in [5.74, 6) is 0. The number of hydrogen-bond donors (Lipinski definition) is 2. The van der Waals surface area contributed by atoms with Crippen LogP contribution in [0.2, 0.25) is 0 Å². The molecule has 0 aliphatic carbocycles. The average molecular weight is 364 g/mol. The number of ether oxygens (including phenoxy) is 1. The number of hydrogen-bond acceptors (Lipinski definition) is 3. The molecule has 1 aliphatic rings. The van der Waals surface area contributed by atoms with Crippen molar-refractivity contribution < 1.29 is 17.9 Å². The van der Waals surface area contributed by atoms with Crippen LogP contribution in [0.4, 0.5) is 18.9 Å². The van der Waals surface area contributed by atoms with Crippen molar-refractivity contribution in [2.24, 2.45) is 0 Å². The van der Waals surface area contributed by atoms with E-state index in [1.165, 1.54) is 5.56 Å². The van der Waals surface area contributed by atoms with Gasteiger partial charge in [-0.05, 0) is 35.6 Å². The fourth-order valence-electron chi connectivity index (χ4n) is 3.21. The van der Waals surface area contributed by atoms with Gasteiger partial charge in [0.25, 0.3) is 0 Å². The molecule has 1 unspecified atom stereocenters. The fraction of sp³-hybridized carbons (Fsp3) is 0.400. The van der Waals surface area contributed by atoms with Gasteiger partial charge in [-0.3, -0.25) is 0 Å². The van der Waals surface area contributed by atoms with Crippen LogP contribution in [-0.4, -0.2) is 19.3 Å². The summed E-state index contributed by atoms with van der Waals surface area (Å²) in [6.07, 6.45) is -2.17. The van der Waals surface area contributed by atoms with Crippen LogP contribution in [0.5, 0.6) is 0 Å². The first-order valence-corrected chi connectivity index (χ1v) is 8.80. The van der Waals surface area contributed by atoms with Crippen molar-refractivity contribution in [3.05, 3.63) is 65.2 Å². The predicted octanol–water partition coefficient (Wildman–Crippen LogP) is 4.80. The highest BCUT2D eigenvalue weighted by atomic mass is 19.4. The van der Waals surface area contributed by atoms with Crippen LogP contribution in [-0.2, 0) is 17.9 Å². The summed E-state index contributed by atoms with van der Waals surface area (Å²) in [4.78, 5) is 0. The zero-order valence-corrected chi connectivity index (χ0v) is 14.5. The van der Waals surface area contributed by atoms with Crippen molar-refractivity contribution in [2.75, 3.05) is 18.5 Å². The van der Waals surface area contributed by atoms with E-state index in [-0.39, 0.29) is 12.6 Å². The number of halogens is 3. The smallest absolute Gasteiger partial charge is 0.385 e. The number of fused-ring (bicyclic) bond motifs is 1. The zero-order valence-electron chi connectivity index (χ0n) is 14.5. The van der Waals surface area contributed by atoms with E-state index in [1.54, 1.807) is 6.07 Å². The third-order valence-corrected chi connectivity index (χ3v) is 4.40. The maximum absolute atomic E-state index is 12.2. The molecule has 3 nitrogen and oxygen atoms in total. The lowest BCUT2D eigenvalue weighted by atomic mass is 10.0. The van der Waals surface area contributed by atoms with E-state index in [2.05, 4.69) is 22.8 Å². The molecule has 1 aliphatic heterocycles. The SMILES string of the molecule is FC(F)(F)COCc1cccc(CNC2CCCNc3ccccc32)c1. The Balaban J connectivity index is 1.59. The molecule has 2 aromatic rings. The summed E-state index contributed by atoms with van der Waals surface area (Å²) >= 11 is 0. The topological polar surface area (TPSA) is 33.3 Å². The summed E-state index contributed by atoms with van der Waals surface area (Å²) < 4.78 is 41.3. The van der Waals surface area contributed by atoms with Gasteiger partial charge in [-0.1, -0.05) is 42.5 Å². The molecule has 0 amide bonds. The summed E-state index contributed by atoms with van der Waals surface area (Å²) in [6.45, 7) is 0.359. The molecular formula is C20H23F3N2O. The quantitative estimate of drug-likeness (QED) is 0.772. The van der Waals surface area contributed by atoms with Crippen LogP contribution >= 0.6 is 0 Å². The van der Waals surface area contributed by atoms with Crippen molar-refractivity contribution in [3.8, 4) is 0 Å². The van der Waals surface area contributed by atoms with Gasteiger partial charge >= 0.3 is 6.18 Å². The minimum atomic E-state index is -4.29. The molecule has 26 heavy (non-hydrogen) atoms. The number of rotatable bonds is 6. The molecule has 3 rings (SSSR count). The van der Waals surface area contributed by atoms with E-state index < -0.39 is 12.8 Å². The first-order chi connectivity index (χ1) is 12.5. The Morgan fingerprint density at radius 2 is 1.88 bits per heavy atom. The molecule has 1 heterocycles. The number of nitrogens with one attached hydrogen (secondary N) is 2. The minimum absolute atomic E-state index is 0.0382. The van der Waals surface area contributed by atoms with Crippen LogP contribution in [0.3, 0.4) is 0 Å². The molecule has 0 spiro atoms. The molecule has 0 saturated carbocycles. The Kier molecular flexibility index (Phi) is 6.16. The Labute approximate surface area is 151 Å². The lowest BCUT2D eigenvalue weighted by molar-refractivity contribution is -0.176. The summed E-state index contributed by atoms with van der Waals surface area (Å²) in [5, 5.41) is 7.03. The molecule has 6 heteroatoms. The standard InChI is InChI=1S/C20H23F3N2O/c21-20(22,23)14-26-13-16-6-3-5-15(11-16)12-25-19-9-4-10-24-18-8-2-1-7-17(18)19/h1-3,5-8,11,19,24-25H,4,9-10,12-14H2. The second-order valence-electron chi connectivity index (χ2n) is 6.52.